The van der Waals surface area contributed by atoms with Crippen molar-refractivity contribution in [2.75, 3.05) is 62.4 Å². The standard InChI is InChI=1S/C23H32N2O10/c1-5-32-20(28)11-24(12-21(29)33-6-2)17-9-16(15-26)19(27)10-18(17)25(13-22(30)34-7-3)14-23(31)35-8-4/h9-10,15,27H,5-8,11-14H2,1-4H3. The van der Waals surface area contributed by atoms with Crippen molar-refractivity contribution in [2.24, 2.45) is 0 Å². The van der Waals surface area contributed by atoms with Crippen molar-refractivity contribution in [1.82, 2.24) is 0 Å². The number of anilines is 2. The second-order valence-corrected chi connectivity index (χ2v) is 6.95. The molecule has 1 aromatic carbocycles. The minimum Gasteiger partial charge on any atom is -0.507 e. The molecule has 0 aliphatic carbocycles. The number of phenolic OH excluding ortho intramolecular Hbond substituents is 1. The lowest BCUT2D eigenvalue weighted by atomic mass is 10.1. The van der Waals surface area contributed by atoms with Crippen molar-refractivity contribution in [3.63, 3.8) is 0 Å². The number of phenols is 1. The van der Waals surface area contributed by atoms with Crippen LogP contribution in [0.5, 0.6) is 5.75 Å². The van der Waals surface area contributed by atoms with Gasteiger partial charge in [-0.25, -0.2) is 0 Å². The Morgan fingerprint density at radius 1 is 0.686 bits per heavy atom. The van der Waals surface area contributed by atoms with E-state index < -0.39 is 55.8 Å². The molecule has 0 radical (unpaired) electrons. The number of aldehydes is 1. The summed E-state index contributed by atoms with van der Waals surface area (Å²) in [7, 11) is 0. The molecule has 1 aromatic rings. The molecular weight excluding hydrogens is 464 g/mol. The molecular formula is C23H32N2O10. The second kappa shape index (κ2) is 15.1. The Morgan fingerprint density at radius 2 is 1.00 bits per heavy atom. The maximum absolute atomic E-state index is 12.3. The summed E-state index contributed by atoms with van der Waals surface area (Å²) < 4.78 is 20.0. The quantitative estimate of drug-likeness (QED) is 0.210. The molecule has 0 unspecified atom stereocenters. The molecule has 0 aliphatic heterocycles. The van der Waals surface area contributed by atoms with Crippen molar-refractivity contribution in [3.05, 3.63) is 17.7 Å². The van der Waals surface area contributed by atoms with Gasteiger partial charge in [-0.05, 0) is 33.8 Å². The van der Waals surface area contributed by atoms with Gasteiger partial charge in [0.25, 0.3) is 0 Å². The van der Waals surface area contributed by atoms with Gasteiger partial charge in [-0.3, -0.25) is 24.0 Å². The topological polar surface area (TPSA) is 149 Å². The van der Waals surface area contributed by atoms with Gasteiger partial charge >= 0.3 is 23.9 Å². The lowest BCUT2D eigenvalue weighted by Crippen LogP contribution is -2.40. The number of hydrogen-bond acceptors (Lipinski definition) is 12. The average molecular weight is 497 g/mol. The third-order valence-corrected chi connectivity index (χ3v) is 4.43. The Labute approximate surface area is 203 Å². The maximum atomic E-state index is 12.3. The van der Waals surface area contributed by atoms with Crippen LogP contribution in [-0.2, 0) is 38.1 Å². The number of carbonyl (C=O) groups is 5. The molecule has 0 amide bonds. The molecule has 12 nitrogen and oxygen atoms in total. The third kappa shape index (κ3) is 9.51. The number of carbonyl (C=O) groups excluding carboxylic acids is 5. The molecule has 0 aliphatic rings. The highest BCUT2D eigenvalue weighted by Gasteiger charge is 2.26. The first-order valence-corrected chi connectivity index (χ1v) is 11.1. The second-order valence-electron chi connectivity index (χ2n) is 6.95. The van der Waals surface area contributed by atoms with E-state index in [0.717, 1.165) is 6.07 Å². The first-order valence-electron chi connectivity index (χ1n) is 11.1. The molecule has 0 saturated carbocycles. The van der Waals surface area contributed by atoms with Gasteiger partial charge in [-0.2, -0.15) is 0 Å². The van der Waals surface area contributed by atoms with E-state index in [9.17, 15) is 29.1 Å². The monoisotopic (exact) mass is 496 g/mol. The normalized spacial score (nSPS) is 10.2. The molecule has 194 valence electrons. The van der Waals surface area contributed by atoms with Crippen LogP contribution in [0.25, 0.3) is 0 Å². The van der Waals surface area contributed by atoms with Gasteiger partial charge in [0.1, 0.15) is 31.9 Å². The molecule has 0 heterocycles. The fourth-order valence-electron chi connectivity index (χ4n) is 3.09. The van der Waals surface area contributed by atoms with Gasteiger partial charge in [0.05, 0.1) is 43.4 Å². The zero-order valence-electron chi connectivity index (χ0n) is 20.4. The summed E-state index contributed by atoms with van der Waals surface area (Å²) in [5.74, 6) is -3.15. The average Bonchev–Trinajstić information content (AvgIpc) is 2.78. The van der Waals surface area contributed by atoms with Crippen LogP contribution in [0.4, 0.5) is 11.4 Å². The largest absolute Gasteiger partial charge is 0.507 e. The van der Waals surface area contributed by atoms with E-state index in [1.807, 2.05) is 0 Å². The fraction of sp³-hybridized carbons (Fsp3) is 0.522. The van der Waals surface area contributed by atoms with Crippen LogP contribution < -0.4 is 9.80 Å². The lowest BCUT2D eigenvalue weighted by molar-refractivity contribution is -0.144. The molecule has 0 saturated heterocycles. The van der Waals surface area contributed by atoms with E-state index in [0.29, 0.717) is 6.29 Å². The summed E-state index contributed by atoms with van der Waals surface area (Å²) in [5.41, 5.74) is 0.0242. The molecule has 0 atom stereocenters. The Morgan fingerprint density at radius 3 is 1.29 bits per heavy atom. The Kier molecular flexibility index (Phi) is 12.6. The Bertz CT molecular complexity index is 863. The number of ether oxygens (including phenoxy) is 4. The molecule has 0 aromatic heterocycles. The SMILES string of the molecule is CCOC(=O)CN(CC(=O)OCC)c1cc(O)c(C=O)cc1N(CC(=O)OCC)CC(=O)OCC. The number of benzene rings is 1. The summed E-state index contributed by atoms with van der Waals surface area (Å²) in [4.78, 5) is 63.2. The van der Waals surface area contributed by atoms with E-state index in [1.54, 1.807) is 27.7 Å². The highest BCUT2D eigenvalue weighted by atomic mass is 16.5. The Hall–Kier alpha value is -3.83. The van der Waals surface area contributed by atoms with Crippen LogP contribution in [-0.4, -0.2) is 87.9 Å². The molecule has 0 spiro atoms. The predicted octanol–water partition coefficient (Wildman–Crippen LogP) is 1.07. The minimum absolute atomic E-state index is 0.0720. The predicted molar refractivity (Wildman–Crippen MR) is 124 cm³/mol. The fourth-order valence-corrected chi connectivity index (χ4v) is 3.09. The van der Waals surface area contributed by atoms with E-state index in [4.69, 9.17) is 18.9 Å². The Balaban J connectivity index is 3.65. The lowest BCUT2D eigenvalue weighted by Gasteiger charge is -2.31. The van der Waals surface area contributed by atoms with Gasteiger partial charge in [0, 0.05) is 6.07 Å². The van der Waals surface area contributed by atoms with Crippen molar-refractivity contribution < 1.29 is 48.0 Å². The van der Waals surface area contributed by atoms with Crippen LogP contribution in [0, 0.1) is 0 Å². The van der Waals surface area contributed by atoms with E-state index >= 15 is 0 Å². The third-order valence-electron chi connectivity index (χ3n) is 4.43. The number of esters is 4. The molecule has 0 bridgehead atoms. The van der Waals surface area contributed by atoms with Gasteiger partial charge in [0.2, 0.25) is 0 Å². The van der Waals surface area contributed by atoms with Crippen molar-refractivity contribution in [3.8, 4) is 5.75 Å². The molecule has 12 heteroatoms. The van der Waals surface area contributed by atoms with E-state index in [-0.39, 0.29) is 43.4 Å². The van der Waals surface area contributed by atoms with Crippen LogP contribution in [0.15, 0.2) is 12.1 Å². The molecule has 0 fully saturated rings. The molecule has 35 heavy (non-hydrogen) atoms. The zero-order valence-corrected chi connectivity index (χ0v) is 20.4. The van der Waals surface area contributed by atoms with Gasteiger partial charge in [-0.15, -0.1) is 0 Å². The zero-order chi connectivity index (χ0) is 26.4. The van der Waals surface area contributed by atoms with Crippen molar-refractivity contribution in [1.29, 1.82) is 0 Å². The highest BCUT2D eigenvalue weighted by Crippen LogP contribution is 2.35. The number of rotatable bonds is 15. The molecule has 1 rings (SSSR count). The van der Waals surface area contributed by atoms with Gasteiger partial charge in [0.15, 0.2) is 6.29 Å². The van der Waals surface area contributed by atoms with Gasteiger partial charge < -0.3 is 33.9 Å². The number of aromatic hydroxyl groups is 1. The smallest absolute Gasteiger partial charge is 0.325 e. The minimum atomic E-state index is -0.677. The van der Waals surface area contributed by atoms with Crippen molar-refractivity contribution >= 4 is 41.5 Å². The van der Waals surface area contributed by atoms with Crippen LogP contribution in [0.1, 0.15) is 38.1 Å². The van der Waals surface area contributed by atoms with Crippen LogP contribution in [0.3, 0.4) is 0 Å². The summed E-state index contributed by atoms with van der Waals surface area (Å²) in [6.07, 6.45) is 0.385. The summed E-state index contributed by atoms with van der Waals surface area (Å²) in [5, 5.41) is 10.4. The summed E-state index contributed by atoms with van der Waals surface area (Å²) in [6, 6.07) is 2.39. The van der Waals surface area contributed by atoms with E-state index in [2.05, 4.69) is 0 Å². The first-order chi connectivity index (χ1) is 16.7. The number of hydrogen-bond donors (Lipinski definition) is 1. The first kappa shape index (κ1) is 29.2. The van der Waals surface area contributed by atoms with Crippen LogP contribution >= 0.6 is 0 Å². The highest BCUT2D eigenvalue weighted by molar-refractivity contribution is 5.92. The maximum Gasteiger partial charge on any atom is 0.325 e. The van der Waals surface area contributed by atoms with Gasteiger partial charge in [-0.1, -0.05) is 0 Å². The number of nitrogens with zero attached hydrogens (tertiary/aromatic N) is 2. The summed E-state index contributed by atoms with van der Waals surface area (Å²) >= 11 is 0. The van der Waals surface area contributed by atoms with Crippen LogP contribution in [0.2, 0.25) is 0 Å². The van der Waals surface area contributed by atoms with Crippen molar-refractivity contribution in [2.45, 2.75) is 27.7 Å². The van der Waals surface area contributed by atoms with E-state index in [1.165, 1.54) is 15.9 Å². The molecule has 1 N–H and O–H groups in total. The summed E-state index contributed by atoms with van der Waals surface area (Å²) in [6.45, 7) is 5.13.